The van der Waals surface area contributed by atoms with Gasteiger partial charge in [-0.3, -0.25) is 9.59 Å². The standard InChI is InChI=1S/C24H30N2O3/c1-16-10-9-11-17(2)22(16)29-18(3)23(27)26-21-15-8-7-14-20(21)24(28)25-19-12-5-4-6-13-19/h7-11,14-15,18-19H,4-6,12-13H2,1-3H3,(H,25,28)(H,26,27)/t18-/m1/s1. The highest BCUT2D eigenvalue weighted by Crippen LogP contribution is 2.24. The summed E-state index contributed by atoms with van der Waals surface area (Å²) in [6.45, 7) is 5.63. The first-order valence-corrected chi connectivity index (χ1v) is 10.4. The zero-order valence-corrected chi connectivity index (χ0v) is 17.5. The van der Waals surface area contributed by atoms with Crippen LogP contribution in [0, 0.1) is 13.8 Å². The van der Waals surface area contributed by atoms with E-state index in [1.54, 1.807) is 19.1 Å². The fraction of sp³-hybridized carbons (Fsp3) is 0.417. The van der Waals surface area contributed by atoms with Gasteiger partial charge in [0, 0.05) is 6.04 Å². The molecule has 1 aliphatic carbocycles. The maximum absolute atomic E-state index is 12.8. The van der Waals surface area contributed by atoms with Crippen LogP contribution in [-0.4, -0.2) is 24.0 Å². The molecule has 2 aromatic rings. The number of para-hydroxylation sites is 2. The summed E-state index contributed by atoms with van der Waals surface area (Å²) in [6, 6.07) is 13.2. The molecule has 2 aromatic carbocycles. The lowest BCUT2D eigenvalue weighted by molar-refractivity contribution is -0.122. The first-order valence-electron chi connectivity index (χ1n) is 10.4. The van der Waals surface area contributed by atoms with Gasteiger partial charge in [0.15, 0.2) is 6.10 Å². The van der Waals surface area contributed by atoms with E-state index in [-0.39, 0.29) is 17.9 Å². The molecule has 1 aliphatic rings. The molecule has 0 aliphatic heterocycles. The van der Waals surface area contributed by atoms with Crippen molar-refractivity contribution in [1.29, 1.82) is 0 Å². The normalized spacial score (nSPS) is 15.4. The van der Waals surface area contributed by atoms with Crippen LogP contribution < -0.4 is 15.4 Å². The maximum Gasteiger partial charge on any atom is 0.265 e. The smallest absolute Gasteiger partial charge is 0.265 e. The van der Waals surface area contributed by atoms with E-state index in [2.05, 4.69) is 10.6 Å². The van der Waals surface area contributed by atoms with Crippen LogP contribution in [0.25, 0.3) is 0 Å². The Labute approximate surface area is 172 Å². The number of carbonyl (C=O) groups is 2. The van der Waals surface area contributed by atoms with Crippen molar-refractivity contribution in [2.45, 2.75) is 65.0 Å². The molecule has 1 saturated carbocycles. The van der Waals surface area contributed by atoms with Crippen molar-refractivity contribution in [3.8, 4) is 5.75 Å². The van der Waals surface area contributed by atoms with Crippen molar-refractivity contribution in [2.24, 2.45) is 0 Å². The van der Waals surface area contributed by atoms with Crippen LogP contribution in [0.3, 0.4) is 0 Å². The predicted octanol–water partition coefficient (Wildman–Crippen LogP) is 4.77. The molecule has 2 N–H and O–H groups in total. The molecule has 0 aromatic heterocycles. The van der Waals surface area contributed by atoms with Gasteiger partial charge < -0.3 is 15.4 Å². The third-order valence-electron chi connectivity index (χ3n) is 5.44. The van der Waals surface area contributed by atoms with Gasteiger partial charge in [-0.15, -0.1) is 0 Å². The van der Waals surface area contributed by atoms with Crippen LogP contribution in [0.5, 0.6) is 5.75 Å². The Morgan fingerprint density at radius 3 is 2.31 bits per heavy atom. The van der Waals surface area contributed by atoms with E-state index in [9.17, 15) is 9.59 Å². The van der Waals surface area contributed by atoms with E-state index in [1.165, 1.54) is 6.42 Å². The second-order valence-electron chi connectivity index (χ2n) is 7.82. The van der Waals surface area contributed by atoms with E-state index in [0.29, 0.717) is 11.3 Å². The summed E-state index contributed by atoms with van der Waals surface area (Å²) < 4.78 is 5.92. The quantitative estimate of drug-likeness (QED) is 0.741. The van der Waals surface area contributed by atoms with Crippen molar-refractivity contribution < 1.29 is 14.3 Å². The second-order valence-corrected chi connectivity index (χ2v) is 7.82. The van der Waals surface area contributed by atoms with Gasteiger partial charge in [0.25, 0.3) is 11.8 Å². The Balaban J connectivity index is 1.68. The molecule has 0 heterocycles. The number of benzene rings is 2. The van der Waals surface area contributed by atoms with Crippen molar-refractivity contribution in [2.75, 3.05) is 5.32 Å². The summed E-state index contributed by atoms with van der Waals surface area (Å²) in [6.07, 6.45) is 4.87. The van der Waals surface area contributed by atoms with E-state index in [1.807, 2.05) is 44.2 Å². The molecule has 5 heteroatoms. The van der Waals surface area contributed by atoms with Crippen LogP contribution in [-0.2, 0) is 4.79 Å². The van der Waals surface area contributed by atoms with Crippen LogP contribution >= 0.6 is 0 Å². The fourth-order valence-corrected chi connectivity index (χ4v) is 3.75. The minimum Gasteiger partial charge on any atom is -0.480 e. The molecule has 3 rings (SSSR count). The molecular weight excluding hydrogens is 364 g/mol. The minimum atomic E-state index is -0.690. The Hall–Kier alpha value is -2.82. The summed E-state index contributed by atoms with van der Waals surface area (Å²) >= 11 is 0. The average Bonchev–Trinajstić information content (AvgIpc) is 2.71. The Kier molecular flexibility index (Phi) is 6.91. The van der Waals surface area contributed by atoms with Crippen molar-refractivity contribution in [3.63, 3.8) is 0 Å². The topological polar surface area (TPSA) is 67.4 Å². The zero-order chi connectivity index (χ0) is 20.8. The Morgan fingerprint density at radius 1 is 0.966 bits per heavy atom. The molecular formula is C24H30N2O3. The number of anilines is 1. The zero-order valence-electron chi connectivity index (χ0n) is 17.5. The van der Waals surface area contributed by atoms with Gasteiger partial charge in [0.1, 0.15) is 5.75 Å². The minimum absolute atomic E-state index is 0.142. The summed E-state index contributed by atoms with van der Waals surface area (Å²) in [5, 5.41) is 5.97. The number of carbonyl (C=O) groups excluding carboxylic acids is 2. The lowest BCUT2D eigenvalue weighted by Gasteiger charge is -2.23. The number of nitrogens with one attached hydrogen (secondary N) is 2. The first kappa shape index (κ1) is 20.9. The Morgan fingerprint density at radius 2 is 1.62 bits per heavy atom. The monoisotopic (exact) mass is 394 g/mol. The van der Waals surface area contributed by atoms with Gasteiger partial charge in [-0.2, -0.15) is 0 Å². The average molecular weight is 395 g/mol. The molecule has 0 bridgehead atoms. The van der Waals surface area contributed by atoms with Gasteiger partial charge in [-0.05, 0) is 56.9 Å². The van der Waals surface area contributed by atoms with Crippen molar-refractivity contribution in [3.05, 3.63) is 59.2 Å². The molecule has 1 fully saturated rings. The van der Waals surface area contributed by atoms with Crippen LogP contribution in [0.2, 0.25) is 0 Å². The van der Waals surface area contributed by atoms with Gasteiger partial charge in [0.05, 0.1) is 11.3 Å². The number of amides is 2. The van der Waals surface area contributed by atoms with Gasteiger partial charge in [-0.25, -0.2) is 0 Å². The largest absolute Gasteiger partial charge is 0.480 e. The number of hydrogen-bond donors (Lipinski definition) is 2. The molecule has 0 spiro atoms. The van der Waals surface area contributed by atoms with Gasteiger partial charge in [0.2, 0.25) is 0 Å². The summed E-state index contributed by atoms with van der Waals surface area (Å²) in [5.74, 6) is 0.292. The molecule has 1 atom stereocenters. The lowest BCUT2D eigenvalue weighted by atomic mass is 9.95. The SMILES string of the molecule is Cc1cccc(C)c1O[C@H](C)C(=O)Nc1ccccc1C(=O)NC1CCCCC1. The molecule has 5 nitrogen and oxygen atoms in total. The van der Waals surface area contributed by atoms with E-state index in [0.717, 1.165) is 42.6 Å². The van der Waals surface area contributed by atoms with Gasteiger partial charge in [-0.1, -0.05) is 49.6 Å². The van der Waals surface area contributed by atoms with Gasteiger partial charge >= 0.3 is 0 Å². The molecule has 0 saturated heterocycles. The van der Waals surface area contributed by atoms with Crippen LogP contribution in [0.4, 0.5) is 5.69 Å². The number of ether oxygens (including phenoxy) is 1. The third kappa shape index (κ3) is 5.37. The van der Waals surface area contributed by atoms with Crippen molar-refractivity contribution >= 4 is 17.5 Å². The first-order chi connectivity index (χ1) is 14.0. The van der Waals surface area contributed by atoms with E-state index in [4.69, 9.17) is 4.74 Å². The predicted molar refractivity (Wildman–Crippen MR) is 115 cm³/mol. The second kappa shape index (κ2) is 9.59. The summed E-state index contributed by atoms with van der Waals surface area (Å²) in [7, 11) is 0. The lowest BCUT2D eigenvalue weighted by Crippen LogP contribution is -2.37. The van der Waals surface area contributed by atoms with E-state index >= 15 is 0 Å². The highest BCUT2D eigenvalue weighted by Gasteiger charge is 2.21. The third-order valence-corrected chi connectivity index (χ3v) is 5.44. The molecule has 0 radical (unpaired) electrons. The molecule has 154 valence electrons. The number of hydrogen-bond acceptors (Lipinski definition) is 3. The summed E-state index contributed by atoms with van der Waals surface area (Å²) in [4.78, 5) is 25.5. The fourth-order valence-electron chi connectivity index (χ4n) is 3.75. The molecule has 2 amide bonds. The Bertz CT molecular complexity index is 852. The van der Waals surface area contributed by atoms with Crippen molar-refractivity contribution in [1.82, 2.24) is 5.32 Å². The van der Waals surface area contributed by atoms with Crippen LogP contribution in [0.15, 0.2) is 42.5 Å². The number of aryl methyl sites for hydroxylation is 2. The highest BCUT2D eigenvalue weighted by molar-refractivity contribution is 6.04. The van der Waals surface area contributed by atoms with E-state index < -0.39 is 6.10 Å². The molecule has 29 heavy (non-hydrogen) atoms. The van der Waals surface area contributed by atoms with Crippen LogP contribution in [0.1, 0.15) is 60.5 Å². The summed E-state index contributed by atoms with van der Waals surface area (Å²) in [5.41, 5.74) is 2.95. The molecule has 0 unspecified atom stereocenters. The highest BCUT2D eigenvalue weighted by atomic mass is 16.5. The maximum atomic E-state index is 12.8. The number of rotatable bonds is 6.